The Labute approximate surface area is 131 Å². The molecule has 2 atom stereocenters. The highest BCUT2D eigenvalue weighted by Crippen LogP contribution is 2.25. The molecule has 0 bridgehead atoms. The first kappa shape index (κ1) is 15.4. The van der Waals surface area contributed by atoms with E-state index >= 15 is 0 Å². The normalized spacial score (nSPS) is 25.4. The van der Waals surface area contributed by atoms with E-state index in [2.05, 4.69) is 10.6 Å². The predicted octanol–water partition coefficient (Wildman–Crippen LogP) is 1.69. The third kappa shape index (κ3) is 3.65. The molecule has 0 aliphatic carbocycles. The number of amides is 1. The Hall–Kier alpha value is -1.46. The molecule has 1 aromatic rings. The van der Waals surface area contributed by atoms with Crippen molar-refractivity contribution in [3.63, 3.8) is 0 Å². The van der Waals surface area contributed by atoms with Crippen molar-refractivity contribution in [1.29, 1.82) is 0 Å². The summed E-state index contributed by atoms with van der Waals surface area (Å²) in [6.45, 7) is 4.30. The second kappa shape index (κ2) is 7.20. The fourth-order valence-electron chi connectivity index (χ4n) is 3.45. The van der Waals surface area contributed by atoms with Crippen molar-refractivity contribution in [2.45, 2.75) is 25.3 Å². The minimum absolute atomic E-state index is 0.0568. The number of hydrogen-bond donors (Lipinski definition) is 2. The molecule has 2 saturated heterocycles. The maximum atomic E-state index is 13.5. The SMILES string of the molecule is O=C(CCC1CCNC1)N1CCNCC1c1cccc(F)c1. The lowest BCUT2D eigenvalue weighted by Gasteiger charge is -2.37. The Morgan fingerprint density at radius 1 is 1.27 bits per heavy atom. The lowest BCUT2D eigenvalue weighted by Crippen LogP contribution is -2.48. The van der Waals surface area contributed by atoms with Crippen LogP contribution in [0, 0.1) is 11.7 Å². The van der Waals surface area contributed by atoms with E-state index in [1.165, 1.54) is 12.5 Å². The number of rotatable bonds is 4. The molecule has 0 saturated carbocycles. The minimum Gasteiger partial charge on any atom is -0.333 e. The maximum absolute atomic E-state index is 13.5. The predicted molar refractivity (Wildman–Crippen MR) is 83.9 cm³/mol. The quantitative estimate of drug-likeness (QED) is 0.890. The van der Waals surface area contributed by atoms with Crippen molar-refractivity contribution >= 4 is 5.91 Å². The zero-order chi connectivity index (χ0) is 15.4. The molecule has 2 heterocycles. The number of nitrogens with one attached hydrogen (secondary N) is 2. The monoisotopic (exact) mass is 305 g/mol. The van der Waals surface area contributed by atoms with Crippen molar-refractivity contribution in [3.05, 3.63) is 35.6 Å². The summed E-state index contributed by atoms with van der Waals surface area (Å²) in [5.74, 6) is 0.578. The number of carbonyl (C=O) groups is 1. The van der Waals surface area contributed by atoms with Gasteiger partial charge in [-0.3, -0.25) is 4.79 Å². The lowest BCUT2D eigenvalue weighted by atomic mass is 9.99. The van der Waals surface area contributed by atoms with E-state index in [0.717, 1.165) is 31.6 Å². The number of nitrogens with zero attached hydrogens (tertiary/aromatic N) is 1. The summed E-state index contributed by atoms with van der Waals surface area (Å²) >= 11 is 0. The molecule has 0 spiro atoms. The molecule has 4 nitrogen and oxygen atoms in total. The van der Waals surface area contributed by atoms with E-state index in [-0.39, 0.29) is 17.8 Å². The summed E-state index contributed by atoms with van der Waals surface area (Å²) < 4.78 is 13.5. The molecule has 5 heteroatoms. The molecule has 0 aromatic heterocycles. The molecule has 120 valence electrons. The average Bonchev–Trinajstić information content (AvgIpc) is 3.06. The standard InChI is InChI=1S/C17H24FN3O/c18-15-3-1-2-14(10-15)16-12-20-8-9-21(16)17(22)5-4-13-6-7-19-11-13/h1-3,10,13,16,19-20H,4-9,11-12H2. The molecule has 1 amide bonds. The summed E-state index contributed by atoms with van der Waals surface area (Å²) in [4.78, 5) is 14.5. The third-order valence-corrected chi connectivity index (χ3v) is 4.73. The highest BCUT2D eigenvalue weighted by atomic mass is 19.1. The van der Waals surface area contributed by atoms with E-state index in [4.69, 9.17) is 0 Å². The number of carbonyl (C=O) groups excluding carboxylic acids is 1. The van der Waals surface area contributed by atoms with Gasteiger partial charge in [-0.05, 0) is 49.5 Å². The molecule has 2 aliphatic heterocycles. The number of hydrogen-bond acceptors (Lipinski definition) is 3. The molecular formula is C17H24FN3O. The second-order valence-electron chi connectivity index (χ2n) is 6.26. The Bertz CT molecular complexity index is 516. The van der Waals surface area contributed by atoms with E-state index in [9.17, 15) is 9.18 Å². The molecule has 2 unspecified atom stereocenters. The van der Waals surface area contributed by atoms with Gasteiger partial charge in [0.15, 0.2) is 0 Å². The van der Waals surface area contributed by atoms with Gasteiger partial charge in [-0.1, -0.05) is 12.1 Å². The Balaban J connectivity index is 1.65. The number of benzene rings is 1. The van der Waals surface area contributed by atoms with Gasteiger partial charge in [0.2, 0.25) is 5.91 Å². The van der Waals surface area contributed by atoms with Gasteiger partial charge < -0.3 is 15.5 Å². The fraction of sp³-hybridized carbons (Fsp3) is 0.588. The Kier molecular flexibility index (Phi) is 5.05. The molecule has 3 rings (SSSR count). The van der Waals surface area contributed by atoms with Crippen LogP contribution in [0.3, 0.4) is 0 Å². The van der Waals surface area contributed by atoms with Crippen molar-refractivity contribution < 1.29 is 9.18 Å². The number of halogens is 1. The summed E-state index contributed by atoms with van der Waals surface area (Å²) in [6, 6.07) is 6.55. The summed E-state index contributed by atoms with van der Waals surface area (Å²) in [5, 5.41) is 6.65. The first-order valence-corrected chi connectivity index (χ1v) is 8.20. The minimum atomic E-state index is -0.243. The molecule has 22 heavy (non-hydrogen) atoms. The van der Waals surface area contributed by atoms with Crippen LogP contribution in [0.15, 0.2) is 24.3 Å². The van der Waals surface area contributed by atoms with E-state index in [1.54, 1.807) is 12.1 Å². The van der Waals surface area contributed by atoms with Gasteiger partial charge in [0.25, 0.3) is 0 Å². The zero-order valence-corrected chi connectivity index (χ0v) is 12.9. The molecule has 0 radical (unpaired) electrons. The highest BCUT2D eigenvalue weighted by Gasteiger charge is 2.28. The third-order valence-electron chi connectivity index (χ3n) is 4.73. The largest absolute Gasteiger partial charge is 0.333 e. The highest BCUT2D eigenvalue weighted by molar-refractivity contribution is 5.77. The van der Waals surface area contributed by atoms with Gasteiger partial charge in [-0.25, -0.2) is 4.39 Å². The van der Waals surface area contributed by atoms with Gasteiger partial charge in [-0.15, -0.1) is 0 Å². The number of piperazine rings is 1. The zero-order valence-electron chi connectivity index (χ0n) is 12.9. The van der Waals surface area contributed by atoms with E-state index in [1.807, 2.05) is 11.0 Å². The molecule has 2 fully saturated rings. The van der Waals surface area contributed by atoms with Gasteiger partial charge in [0.1, 0.15) is 5.82 Å². The van der Waals surface area contributed by atoms with Crippen molar-refractivity contribution in [3.8, 4) is 0 Å². The Morgan fingerprint density at radius 2 is 2.14 bits per heavy atom. The van der Waals surface area contributed by atoms with Crippen LogP contribution >= 0.6 is 0 Å². The van der Waals surface area contributed by atoms with Crippen LogP contribution in [0.4, 0.5) is 4.39 Å². The van der Waals surface area contributed by atoms with Crippen LogP contribution in [0.25, 0.3) is 0 Å². The molecule has 1 aromatic carbocycles. The van der Waals surface area contributed by atoms with Gasteiger partial charge in [0.05, 0.1) is 6.04 Å². The second-order valence-corrected chi connectivity index (χ2v) is 6.26. The maximum Gasteiger partial charge on any atom is 0.223 e. The van der Waals surface area contributed by atoms with Crippen LogP contribution in [0.5, 0.6) is 0 Å². The van der Waals surface area contributed by atoms with Crippen LogP contribution in [-0.4, -0.2) is 43.5 Å². The summed E-state index contributed by atoms with van der Waals surface area (Å²) in [5.41, 5.74) is 0.878. The van der Waals surface area contributed by atoms with E-state index in [0.29, 0.717) is 25.4 Å². The van der Waals surface area contributed by atoms with Crippen LogP contribution in [0.2, 0.25) is 0 Å². The molecular weight excluding hydrogens is 281 g/mol. The van der Waals surface area contributed by atoms with Gasteiger partial charge in [-0.2, -0.15) is 0 Å². The first-order chi connectivity index (χ1) is 10.7. The van der Waals surface area contributed by atoms with E-state index < -0.39 is 0 Å². The molecule has 2 aliphatic rings. The smallest absolute Gasteiger partial charge is 0.223 e. The van der Waals surface area contributed by atoms with Crippen molar-refractivity contribution in [2.24, 2.45) is 5.92 Å². The van der Waals surface area contributed by atoms with Crippen molar-refractivity contribution in [1.82, 2.24) is 15.5 Å². The van der Waals surface area contributed by atoms with Crippen LogP contribution in [0.1, 0.15) is 30.9 Å². The lowest BCUT2D eigenvalue weighted by molar-refractivity contribution is -0.134. The van der Waals surface area contributed by atoms with Crippen molar-refractivity contribution in [2.75, 3.05) is 32.7 Å². The molecule has 2 N–H and O–H groups in total. The van der Waals surface area contributed by atoms with Crippen LogP contribution in [-0.2, 0) is 4.79 Å². The van der Waals surface area contributed by atoms with Gasteiger partial charge in [0, 0.05) is 26.1 Å². The Morgan fingerprint density at radius 3 is 2.91 bits per heavy atom. The van der Waals surface area contributed by atoms with Crippen LogP contribution < -0.4 is 10.6 Å². The van der Waals surface area contributed by atoms with Gasteiger partial charge >= 0.3 is 0 Å². The topological polar surface area (TPSA) is 44.4 Å². The average molecular weight is 305 g/mol. The summed E-state index contributed by atoms with van der Waals surface area (Å²) in [7, 11) is 0. The fourth-order valence-corrected chi connectivity index (χ4v) is 3.45. The summed E-state index contributed by atoms with van der Waals surface area (Å²) in [6.07, 6.45) is 2.71. The first-order valence-electron chi connectivity index (χ1n) is 8.20.